The fourth-order valence-electron chi connectivity index (χ4n) is 1.92. The smallest absolute Gasteiger partial charge is 0.357 e. The second-order valence-corrected chi connectivity index (χ2v) is 6.10. The first-order valence-electron chi connectivity index (χ1n) is 7.41. The first-order valence-corrected chi connectivity index (χ1v) is 8.92. The Morgan fingerprint density at radius 2 is 2.00 bits per heavy atom. The quantitative estimate of drug-likeness (QED) is 0.313. The minimum absolute atomic E-state index is 0.139. The Kier molecular flexibility index (Phi) is 7.38. The second-order valence-electron chi connectivity index (χ2n) is 4.79. The highest BCUT2D eigenvalue weighted by molar-refractivity contribution is 7.80. The van der Waals surface area contributed by atoms with Crippen molar-refractivity contribution in [1.82, 2.24) is 4.98 Å². The van der Waals surface area contributed by atoms with Gasteiger partial charge >= 0.3 is 5.97 Å². The molecule has 0 unspecified atom stereocenters. The third kappa shape index (κ3) is 5.53. The highest BCUT2D eigenvalue weighted by Crippen LogP contribution is 2.26. The monoisotopic (exact) mass is 352 g/mol. The van der Waals surface area contributed by atoms with Crippen LogP contribution in [0.3, 0.4) is 0 Å². The van der Waals surface area contributed by atoms with E-state index in [4.69, 9.17) is 15.2 Å². The highest BCUT2D eigenvalue weighted by Gasteiger charge is 2.13. The van der Waals surface area contributed by atoms with Gasteiger partial charge in [-0.05, 0) is 49.3 Å². The van der Waals surface area contributed by atoms with E-state index in [1.54, 1.807) is 5.38 Å². The zero-order valence-electron chi connectivity index (χ0n) is 12.7. The molecular weight excluding hydrogens is 332 g/mol. The number of thiazole rings is 1. The van der Waals surface area contributed by atoms with Crippen molar-refractivity contribution in [2.24, 2.45) is 5.73 Å². The molecule has 2 N–H and O–H groups in total. The lowest BCUT2D eigenvalue weighted by Crippen LogP contribution is -2.07. The molecule has 0 spiro atoms. The summed E-state index contributed by atoms with van der Waals surface area (Å²) in [6.45, 7) is 0.561. The molecule has 2 aromatic rings. The first kappa shape index (κ1) is 17.8. The summed E-state index contributed by atoms with van der Waals surface area (Å²) < 4.78 is 10.4. The van der Waals surface area contributed by atoms with Crippen molar-refractivity contribution in [3.05, 3.63) is 35.3 Å². The summed E-state index contributed by atoms with van der Waals surface area (Å²) in [6, 6.07) is 7.42. The van der Waals surface area contributed by atoms with Gasteiger partial charge in [-0.25, -0.2) is 9.78 Å². The van der Waals surface area contributed by atoms with Crippen LogP contribution in [0.5, 0.6) is 5.75 Å². The van der Waals surface area contributed by atoms with E-state index in [0.29, 0.717) is 18.1 Å². The topological polar surface area (TPSA) is 74.4 Å². The van der Waals surface area contributed by atoms with Gasteiger partial charge in [-0.15, -0.1) is 11.3 Å². The van der Waals surface area contributed by atoms with Crippen molar-refractivity contribution < 1.29 is 14.3 Å². The number of thiol groups is 1. The molecular formula is C16H20N2O3S2. The second kappa shape index (κ2) is 9.54. The number of carbonyl (C=O) groups excluding carboxylic acids is 1. The van der Waals surface area contributed by atoms with E-state index in [1.807, 2.05) is 24.3 Å². The van der Waals surface area contributed by atoms with Crippen molar-refractivity contribution in [2.75, 3.05) is 19.1 Å². The fourth-order valence-corrected chi connectivity index (χ4v) is 2.94. The lowest BCUT2D eigenvalue weighted by atomic mass is 10.2. The van der Waals surface area contributed by atoms with Crippen LogP contribution < -0.4 is 10.5 Å². The molecule has 1 aromatic heterocycles. The molecule has 7 heteroatoms. The largest absolute Gasteiger partial charge is 0.479 e. The lowest BCUT2D eigenvalue weighted by Gasteiger charge is -2.03. The van der Waals surface area contributed by atoms with Gasteiger partial charge in [-0.1, -0.05) is 0 Å². The van der Waals surface area contributed by atoms with Gasteiger partial charge in [-0.3, -0.25) is 5.73 Å². The van der Waals surface area contributed by atoms with E-state index in [1.165, 1.54) is 11.3 Å². The van der Waals surface area contributed by atoms with E-state index < -0.39 is 0 Å². The van der Waals surface area contributed by atoms with E-state index >= 15 is 0 Å². The molecule has 0 bridgehead atoms. The predicted molar refractivity (Wildman–Crippen MR) is 95.2 cm³/mol. The Labute approximate surface area is 145 Å². The maximum atomic E-state index is 11.9. The van der Waals surface area contributed by atoms with Gasteiger partial charge in [0.05, 0.1) is 6.61 Å². The molecule has 0 aliphatic heterocycles. The molecule has 0 radical (unpaired) electrons. The third-order valence-electron chi connectivity index (χ3n) is 3.10. The van der Waals surface area contributed by atoms with Crippen LogP contribution in [0.1, 0.15) is 29.8 Å². The summed E-state index contributed by atoms with van der Waals surface area (Å²) in [7, 11) is 0. The van der Waals surface area contributed by atoms with E-state index in [0.717, 1.165) is 35.6 Å². The number of carbonyl (C=O) groups is 1. The fraction of sp³-hybridized carbons (Fsp3) is 0.375. The number of benzene rings is 1. The van der Waals surface area contributed by atoms with Crippen LogP contribution in [-0.4, -0.2) is 30.0 Å². The number of hydrogen-bond donors (Lipinski definition) is 2. The van der Waals surface area contributed by atoms with E-state index in [9.17, 15) is 4.79 Å². The van der Waals surface area contributed by atoms with Crippen LogP contribution in [0.4, 0.5) is 0 Å². The standard InChI is InChI=1S/C16H20N2O3S2/c17-11-21-13-6-4-12(5-7-13)15-18-14(10-23-15)16(19)20-8-2-1-3-9-22/h4-7,10,22H,1-3,8-9,11,17H2. The summed E-state index contributed by atoms with van der Waals surface area (Å²) in [6.07, 6.45) is 2.90. The number of ether oxygens (including phenoxy) is 2. The minimum Gasteiger partial charge on any atom is -0.479 e. The summed E-state index contributed by atoms with van der Waals surface area (Å²) >= 11 is 5.56. The lowest BCUT2D eigenvalue weighted by molar-refractivity contribution is 0.0492. The Morgan fingerprint density at radius 3 is 2.70 bits per heavy atom. The first-order chi connectivity index (χ1) is 11.2. The van der Waals surface area contributed by atoms with Crippen LogP contribution in [-0.2, 0) is 4.74 Å². The minimum atomic E-state index is -0.374. The number of esters is 1. The molecule has 0 fully saturated rings. The third-order valence-corrected chi connectivity index (χ3v) is 4.31. The molecule has 0 saturated carbocycles. The molecule has 1 aromatic carbocycles. The maximum Gasteiger partial charge on any atom is 0.357 e. The van der Waals surface area contributed by atoms with Crippen LogP contribution in [0.15, 0.2) is 29.6 Å². The molecule has 0 atom stereocenters. The Balaban J connectivity index is 1.90. The normalized spacial score (nSPS) is 10.5. The summed E-state index contributed by atoms with van der Waals surface area (Å²) in [5, 5.41) is 2.49. The van der Waals surface area contributed by atoms with Crippen molar-refractivity contribution >= 4 is 29.9 Å². The Bertz CT molecular complexity index is 614. The molecule has 0 saturated heterocycles. The van der Waals surface area contributed by atoms with Crippen molar-refractivity contribution in [1.29, 1.82) is 0 Å². The SMILES string of the molecule is NCOc1ccc(-c2nc(C(=O)OCCCCCS)cs2)cc1. The van der Waals surface area contributed by atoms with Crippen molar-refractivity contribution in [2.45, 2.75) is 19.3 Å². The van der Waals surface area contributed by atoms with E-state index in [2.05, 4.69) is 17.6 Å². The van der Waals surface area contributed by atoms with Crippen LogP contribution in [0.2, 0.25) is 0 Å². The average molecular weight is 352 g/mol. The molecule has 0 amide bonds. The Hall–Kier alpha value is -1.57. The molecule has 23 heavy (non-hydrogen) atoms. The number of rotatable bonds is 9. The van der Waals surface area contributed by atoms with Gasteiger partial charge in [0.2, 0.25) is 0 Å². The summed E-state index contributed by atoms with van der Waals surface area (Å²) in [5.74, 6) is 1.19. The van der Waals surface area contributed by atoms with Crippen molar-refractivity contribution in [3.8, 4) is 16.3 Å². The number of unbranched alkanes of at least 4 members (excludes halogenated alkanes) is 2. The van der Waals surface area contributed by atoms with Gasteiger partial charge < -0.3 is 9.47 Å². The zero-order valence-corrected chi connectivity index (χ0v) is 14.4. The number of hydrogen-bond acceptors (Lipinski definition) is 7. The summed E-state index contributed by atoms with van der Waals surface area (Å²) in [5.41, 5.74) is 6.60. The average Bonchev–Trinajstić information content (AvgIpc) is 3.05. The van der Waals surface area contributed by atoms with Gasteiger partial charge in [0.25, 0.3) is 0 Å². The predicted octanol–water partition coefficient (Wildman–Crippen LogP) is 3.36. The summed E-state index contributed by atoms with van der Waals surface area (Å²) in [4.78, 5) is 16.3. The van der Waals surface area contributed by atoms with Crippen LogP contribution in [0, 0.1) is 0 Å². The number of nitrogens with two attached hydrogens (primary N) is 1. The molecule has 124 valence electrons. The molecule has 0 aliphatic rings. The molecule has 1 heterocycles. The zero-order chi connectivity index (χ0) is 16.5. The van der Waals surface area contributed by atoms with Crippen LogP contribution in [0.25, 0.3) is 10.6 Å². The maximum absolute atomic E-state index is 11.9. The molecule has 0 aliphatic carbocycles. The van der Waals surface area contributed by atoms with Gasteiger partial charge in [0.15, 0.2) is 5.69 Å². The molecule has 5 nitrogen and oxygen atoms in total. The van der Waals surface area contributed by atoms with E-state index in [-0.39, 0.29) is 12.7 Å². The Morgan fingerprint density at radius 1 is 1.22 bits per heavy atom. The number of aromatic nitrogens is 1. The van der Waals surface area contributed by atoms with Gasteiger partial charge in [0, 0.05) is 10.9 Å². The molecule has 2 rings (SSSR count). The van der Waals surface area contributed by atoms with Crippen LogP contribution >= 0.6 is 24.0 Å². The highest BCUT2D eigenvalue weighted by atomic mass is 32.1. The van der Waals surface area contributed by atoms with Gasteiger partial charge in [0.1, 0.15) is 17.5 Å². The van der Waals surface area contributed by atoms with Gasteiger partial charge in [-0.2, -0.15) is 12.6 Å². The van der Waals surface area contributed by atoms with Crippen molar-refractivity contribution in [3.63, 3.8) is 0 Å². The number of nitrogens with zero attached hydrogens (tertiary/aromatic N) is 1.